The third kappa shape index (κ3) is 4.68. The van der Waals surface area contributed by atoms with Crippen LogP contribution in [0.5, 0.6) is 5.75 Å². The van der Waals surface area contributed by atoms with Gasteiger partial charge < -0.3 is 24.4 Å². The molecule has 1 spiro atoms. The van der Waals surface area contributed by atoms with Crippen molar-refractivity contribution in [1.82, 2.24) is 4.98 Å². The molecule has 0 atom stereocenters. The Morgan fingerprint density at radius 3 is 2.48 bits per heavy atom. The highest BCUT2D eigenvalue weighted by Gasteiger charge is 2.40. The number of piperidine rings is 1. The van der Waals surface area contributed by atoms with Crippen molar-refractivity contribution in [3.8, 4) is 5.75 Å². The highest BCUT2D eigenvalue weighted by atomic mass is 16.7. The summed E-state index contributed by atoms with van der Waals surface area (Å²) in [6.07, 6.45) is 3.39. The highest BCUT2D eigenvalue weighted by Crippen LogP contribution is 2.32. The van der Waals surface area contributed by atoms with Gasteiger partial charge in [-0.2, -0.15) is 0 Å². The van der Waals surface area contributed by atoms with E-state index in [4.69, 9.17) is 14.2 Å². The number of carbonyl (C=O) groups is 1. The summed E-state index contributed by atoms with van der Waals surface area (Å²) < 4.78 is 17.2. The lowest BCUT2D eigenvalue weighted by Crippen LogP contribution is -2.45. The molecular weight excluding hydrogens is 370 g/mol. The molecule has 0 unspecified atom stereocenters. The number of hydrogen-bond donors (Lipinski definition) is 1. The van der Waals surface area contributed by atoms with Crippen molar-refractivity contribution in [3.63, 3.8) is 0 Å². The molecule has 1 N–H and O–H groups in total. The molecule has 2 aliphatic rings. The average molecular weight is 397 g/mol. The number of nitrogens with one attached hydrogen (secondary N) is 1. The second-order valence-corrected chi connectivity index (χ2v) is 7.64. The number of pyridine rings is 1. The summed E-state index contributed by atoms with van der Waals surface area (Å²) in [6.45, 7) is 6.86. The normalized spacial score (nSPS) is 18.2. The van der Waals surface area contributed by atoms with Crippen molar-refractivity contribution >= 4 is 17.4 Å². The Morgan fingerprint density at radius 2 is 1.83 bits per heavy atom. The Balaban J connectivity index is 1.38. The number of aromatic nitrogens is 1. The van der Waals surface area contributed by atoms with Gasteiger partial charge in [0.1, 0.15) is 11.6 Å². The molecule has 29 heavy (non-hydrogen) atoms. The van der Waals surface area contributed by atoms with E-state index in [1.54, 1.807) is 12.3 Å². The van der Waals surface area contributed by atoms with Crippen molar-refractivity contribution < 1.29 is 19.0 Å². The van der Waals surface area contributed by atoms with Crippen LogP contribution in [0.2, 0.25) is 0 Å². The first-order valence-corrected chi connectivity index (χ1v) is 10.1. The van der Waals surface area contributed by atoms with Gasteiger partial charge in [0.15, 0.2) is 5.79 Å². The lowest BCUT2D eigenvalue weighted by Gasteiger charge is -2.38. The fourth-order valence-electron chi connectivity index (χ4n) is 3.69. The molecule has 2 fully saturated rings. The molecular formula is C22H27N3O4. The Bertz CT molecular complexity index is 837. The van der Waals surface area contributed by atoms with Gasteiger partial charge in [-0.25, -0.2) is 4.98 Å². The lowest BCUT2D eigenvalue weighted by molar-refractivity contribution is -0.169. The van der Waals surface area contributed by atoms with Crippen LogP contribution in [0.15, 0.2) is 42.6 Å². The number of ether oxygens (including phenoxy) is 3. The zero-order valence-corrected chi connectivity index (χ0v) is 16.9. The summed E-state index contributed by atoms with van der Waals surface area (Å²) in [4.78, 5) is 19.3. The van der Waals surface area contributed by atoms with E-state index in [-0.39, 0.29) is 12.0 Å². The SMILES string of the molecule is CC(C)Oc1ccc(NC(=O)c2ccnc(N3CCC4(CC3)OCCO4)c2)cc1. The van der Waals surface area contributed by atoms with Crippen LogP contribution in [0.3, 0.4) is 0 Å². The maximum absolute atomic E-state index is 12.7. The van der Waals surface area contributed by atoms with E-state index in [0.717, 1.165) is 43.2 Å². The number of nitrogens with zero attached hydrogens (tertiary/aromatic N) is 2. The van der Waals surface area contributed by atoms with E-state index >= 15 is 0 Å². The van der Waals surface area contributed by atoms with Crippen molar-refractivity contribution in [1.29, 1.82) is 0 Å². The maximum atomic E-state index is 12.7. The number of benzene rings is 1. The van der Waals surface area contributed by atoms with E-state index in [1.165, 1.54) is 0 Å². The van der Waals surface area contributed by atoms with Gasteiger partial charge in [0.2, 0.25) is 0 Å². The van der Waals surface area contributed by atoms with Gasteiger partial charge in [-0.1, -0.05) is 0 Å². The number of hydrogen-bond acceptors (Lipinski definition) is 6. The first-order chi connectivity index (χ1) is 14.0. The predicted octanol–water partition coefficient (Wildman–Crippen LogP) is 3.46. The molecule has 7 heteroatoms. The zero-order chi connectivity index (χ0) is 20.3. The van der Waals surface area contributed by atoms with Crippen molar-refractivity contribution in [2.24, 2.45) is 0 Å². The van der Waals surface area contributed by atoms with Crippen LogP contribution < -0.4 is 15.0 Å². The molecule has 0 radical (unpaired) electrons. The topological polar surface area (TPSA) is 72.9 Å². The van der Waals surface area contributed by atoms with E-state index in [9.17, 15) is 4.79 Å². The van der Waals surface area contributed by atoms with Crippen LogP contribution in [0.1, 0.15) is 37.0 Å². The molecule has 4 rings (SSSR count). The van der Waals surface area contributed by atoms with Crippen molar-refractivity contribution in [2.75, 3.05) is 36.5 Å². The molecule has 1 aromatic carbocycles. The molecule has 2 aliphatic heterocycles. The Hall–Kier alpha value is -2.64. The fourth-order valence-corrected chi connectivity index (χ4v) is 3.69. The molecule has 1 aromatic heterocycles. The van der Waals surface area contributed by atoms with Gasteiger partial charge in [-0.05, 0) is 50.2 Å². The fraction of sp³-hybridized carbons (Fsp3) is 0.455. The summed E-state index contributed by atoms with van der Waals surface area (Å²) in [5.74, 6) is 0.993. The number of anilines is 2. The van der Waals surface area contributed by atoms with Gasteiger partial charge in [0.25, 0.3) is 5.91 Å². The summed E-state index contributed by atoms with van der Waals surface area (Å²) in [5.41, 5.74) is 1.30. The monoisotopic (exact) mass is 397 g/mol. The molecule has 2 saturated heterocycles. The van der Waals surface area contributed by atoms with Crippen molar-refractivity contribution in [3.05, 3.63) is 48.2 Å². The second-order valence-electron chi connectivity index (χ2n) is 7.64. The smallest absolute Gasteiger partial charge is 0.255 e. The Morgan fingerprint density at radius 1 is 1.14 bits per heavy atom. The summed E-state index contributed by atoms with van der Waals surface area (Å²) in [5, 5.41) is 2.93. The second kappa shape index (κ2) is 8.39. The maximum Gasteiger partial charge on any atom is 0.255 e. The van der Waals surface area contributed by atoms with Crippen LogP contribution in [0.25, 0.3) is 0 Å². The third-order valence-electron chi connectivity index (χ3n) is 5.15. The molecule has 0 saturated carbocycles. The Labute approximate surface area is 171 Å². The van der Waals surface area contributed by atoms with Gasteiger partial charge in [0.05, 0.1) is 19.3 Å². The average Bonchev–Trinajstić information content (AvgIpc) is 3.18. The summed E-state index contributed by atoms with van der Waals surface area (Å²) in [7, 11) is 0. The molecule has 154 valence electrons. The Kier molecular flexibility index (Phi) is 5.69. The van der Waals surface area contributed by atoms with E-state index in [0.29, 0.717) is 18.8 Å². The minimum atomic E-state index is -0.420. The zero-order valence-electron chi connectivity index (χ0n) is 16.9. The molecule has 2 aromatic rings. The summed E-state index contributed by atoms with van der Waals surface area (Å²) in [6, 6.07) is 10.9. The molecule has 0 bridgehead atoms. The lowest BCUT2D eigenvalue weighted by atomic mass is 10.0. The minimum absolute atomic E-state index is 0.113. The van der Waals surface area contributed by atoms with Gasteiger partial charge in [-0.3, -0.25) is 4.79 Å². The highest BCUT2D eigenvalue weighted by molar-refractivity contribution is 6.04. The first kappa shape index (κ1) is 19.7. The largest absolute Gasteiger partial charge is 0.491 e. The number of amides is 1. The molecule has 7 nitrogen and oxygen atoms in total. The molecule has 0 aliphatic carbocycles. The first-order valence-electron chi connectivity index (χ1n) is 10.1. The van der Waals surface area contributed by atoms with Crippen LogP contribution in [0, 0.1) is 0 Å². The summed E-state index contributed by atoms with van der Waals surface area (Å²) >= 11 is 0. The predicted molar refractivity (Wildman–Crippen MR) is 110 cm³/mol. The third-order valence-corrected chi connectivity index (χ3v) is 5.15. The van der Waals surface area contributed by atoms with Crippen LogP contribution in [-0.2, 0) is 9.47 Å². The van der Waals surface area contributed by atoms with Crippen molar-refractivity contribution in [2.45, 2.75) is 38.6 Å². The van der Waals surface area contributed by atoms with Crippen LogP contribution >= 0.6 is 0 Å². The standard InChI is InChI=1S/C22H27N3O4/c1-16(2)29-19-5-3-18(4-6-19)24-21(26)17-7-10-23-20(15-17)25-11-8-22(9-12-25)27-13-14-28-22/h3-7,10,15-16H,8-9,11-14H2,1-2H3,(H,24,26). The molecule has 1 amide bonds. The van der Waals surface area contributed by atoms with E-state index in [2.05, 4.69) is 15.2 Å². The van der Waals surface area contributed by atoms with Gasteiger partial charge in [0, 0.05) is 43.4 Å². The number of rotatable bonds is 5. The van der Waals surface area contributed by atoms with Gasteiger partial charge in [-0.15, -0.1) is 0 Å². The van der Waals surface area contributed by atoms with Gasteiger partial charge >= 0.3 is 0 Å². The molecule has 3 heterocycles. The van der Waals surface area contributed by atoms with Crippen LogP contribution in [-0.4, -0.2) is 49.1 Å². The van der Waals surface area contributed by atoms with E-state index < -0.39 is 5.79 Å². The van der Waals surface area contributed by atoms with Crippen LogP contribution in [0.4, 0.5) is 11.5 Å². The van der Waals surface area contributed by atoms with E-state index in [1.807, 2.05) is 44.2 Å². The quantitative estimate of drug-likeness (QED) is 0.833. The minimum Gasteiger partial charge on any atom is -0.491 e. The number of carbonyl (C=O) groups excluding carboxylic acids is 1.